The molecule has 17 heteroatoms. The SMILES string of the molecule is CC(C)OC1CCN(CCCNc2ccc(S(=O)(=O)NC(=O)c3ccc(N4CCN(CC5=C(c6ccc(Cl)cc6)CCC(C)(C)C5)CC4)cc3Oc3cnc4[nH]ccc4c3)cc2[N+](=O)[O-])CC1. The number of nitro groups is 1. The molecular formula is C50H61ClN8O7S. The lowest BCUT2D eigenvalue weighted by molar-refractivity contribution is -0.384. The molecule has 0 spiro atoms. The fraction of sp³-hybridized carbons (Fsp3) is 0.440. The van der Waals surface area contributed by atoms with Crippen LogP contribution in [0.4, 0.5) is 17.1 Å². The fourth-order valence-corrected chi connectivity index (χ4v) is 10.6. The molecule has 15 nitrogen and oxygen atoms in total. The highest BCUT2D eigenvalue weighted by atomic mass is 35.5. The Balaban J connectivity index is 0.950. The number of likely N-dealkylation sites (tertiary alicyclic amines) is 1. The summed E-state index contributed by atoms with van der Waals surface area (Å²) < 4.78 is 42.0. The smallest absolute Gasteiger partial charge is 0.293 e. The Labute approximate surface area is 398 Å². The Morgan fingerprint density at radius 2 is 1.75 bits per heavy atom. The first-order chi connectivity index (χ1) is 32.1. The molecule has 2 aliphatic heterocycles. The number of nitro benzene ring substituents is 1. The standard InChI is InChI=1S/C50H61ClN8O7S/c1-34(2)65-40-16-22-56(23-17-40)21-5-19-52-45-13-11-42(30-46(45)59(61)62)67(63,64)55-49(60)44-12-10-39(29-47(44)66-41-28-36-15-20-53-48(36)54-32-41)58-26-24-57(25-27-58)33-37-31-50(3,4)18-14-43(37)35-6-8-38(51)9-7-35/h6-13,15,20,28-30,32,34,40,52H,5,14,16-19,21-27,31,33H2,1-4H3,(H,53,54)(H,55,60). The first-order valence-electron chi connectivity index (χ1n) is 23.3. The first-order valence-corrected chi connectivity index (χ1v) is 25.1. The molecule has 0 bridgehead atoms. The normalized spacial score (nSPS) is 17.6. The van der Waals surface area contributed by atoms with E-state index in [1.807, 2.05) is 32.0 Å². The summed E-state index contributed by atoms with van der Waals surface area (Å²) in [6.07, 6.45) is 9.63. The van der Waals surface area contributed by atoms with Crippen LogP contribution in [0.5, 0.6) is 11.5 Å². The van der Waals surface area contributed by atoms with Gasteiger partial charge in [0.15, 0.2) is 0 Å². The number of ether oxygens (including phenoxy) is 2. The molecule has 0 atom stereocenters. The summed E-state index contributed by atoms with van der Waals surface area (Å²) in [5.41, 5.74) is 5.55. The number of hydrogen-bond donors (Lipinski definition) is 3. The molecule has 3 aromatic carbocycles. The van der Waals surface area contributed by atoms with Crippen molar-refractivity contribution < 1.29 is 27.6 Å². The number of carbonyl (C=O) groups excluding carboxylic acids is 1. The van der Waals surface area contributed by atoms with Crippen molar-refractivity contribution in [3.63, 3.8) is 0 Å². The molecule has 2 aromatic heterocycles. The van der Waals surface area contributed by atoms with Gasteiger partial charge in [0.05, 0.1) is 33.8 Å². The van der Waals surface area contributed by atoms with E-state index in [0.29, 0.717) is 17.9 Å². The largest absolute Gasteiger partial charge is 0.455 e. The third-order valence-corrected chi connectivity index (χ3v) is 14.6. The molecule has 4 heterocycles. The molecule has 5 aromatic rings. The number of nitrogens with zero attached hydrogens (tertiary/aromatic N) is 5. The highest BCUT2D eigenvalue weighted by molar-refractivity contribution is 7.90. The molecule has 3 aliphatic rings. The second kappa shape index (κ2) is 20.8. The van der Waals surface area contributed by atoms with Gasteiger partial charge in [0.25, 0.3) is 21.6 Å². The number of benzene rings is 3. The Morgan fingerprint density at radius 3 is 2.48 bits per heavy atom. The van der Waals surface area contributed by atoms with Gasteiger partial charge in [-0.15, -0.1) is 0 Å². The number of H-pyrrole nitrogens is 1. The maximum Gasteiger partial charge on any atom is 0.293 e. The van der Waals surface area contributed by atoms with Gasteiger partial charge in [-0.05, 0) is 124 Å². The van der Waals surface area contributed by atoms with Crippen LogP contribution in [0, 0.1) is 15.5 Å². The van der Waals surface area contributed by atoms with Crippen LogP contribution in [0.1, 0.15) is 82.1 Å². The van der Waals surface area contributed by atoms with E-state index < -0.39 is 31.4 Å². The highest BCUT2D eigenvalue weighted by Crippen LogP contribution is 2.43. The van der Waals surface area contributed by atoms with E-state index in [9.17, 15) is 23.3 Å². The lowest BCUT2D eigenvalue weighted by Gasteiger charge is -2.39. The minimum Gasteiger partial charge on any atom is -0.455 e. The minimum atomic E-state index is -4.57. The number of anilines is 2. The van der Waals surface area contributed by atoms with E-state index in [0.717, 1.165) is 113 Å². The number of aromatic nitrogens is 2. The number of rotatable bonds is 17. The first kappa shape index (κ1) is 48.0. The summed E-state index contributed by atoms with van der Waals surface area (Å²) in [6.45, 7) is 15.9. The average Bonchev–Trinajstić information content (AvgIpc) is 3.77. The second-order valence-electron chi connectivity index (χ2n) is 18.9. The van der Waals surface area contributed by atoms with Crippen LogP contribution in [0.3, 0.4) is 0 Å². The van der Waals surface area contributed by atoms with Crippen LogP contribution in [0.25, 0.3) is 16.6 Å². The van der Waals surface area contributed by atoms with E-state index in [1.54, 1.807) is 30.5 Å². The lowest BCUT2D eigenvalue weighted by Crippen LogP contribution is -2.47. The lowest BCUT2D eigenvalue weighted by atomic mass is 9.73. The van der Waals surface area contributed by atoms with Gasteiger partial charge in [-0.3, -0.25) is 19.8 Å². The Bertz CT molecular complexity index is 2710. The predicted molar refractivity (Wildman–Crippen MR) is 264 cm³/mol. The number of aromatic amines is 1. The molecular weight excluding hydrogens is 892 g/mol. The van der Waals surface area contributed by atoms with E-state index in [-0.39, 0.29) is 34.6 Å². The van der Waals surface area contributed by atoms with Crippen molar-refractivity contribution in [2.24, 2.45) is 5.41 Å². The maximum absolute atomic E-state index is 14.0. The van der Waals surface area contributed by atoms with Crippen LogP contribution in [-0.2, 0) is 14.8 Å². The summed E-state index contributed by atoms with van der Waals surface area (Å²) in [5.74, 6) is -0.470. The predicted octanol–water partition coefficient (Wildman–Crippen LogP) is 9.51. The summed E-state index contributed by atoms with van der Waals surface area (Å²) in [7, 11) is -4.57. The highest BCUT2D eigenvalue weighted by Gasteiger charge is 2.31. The minimum absolute atomic E-state index is 0.0360. The molecule has 0 radical (unpaired) electrons. The summed E-state index contributed by atoms with van der Waals surface area (Å²) in [6, 6.07) is 20.5. The van der Waals surface area contributed by atoms with Crippen LogP contribution in [0.15, 0.2) is 95.7 Å². The second-order valence-corrected chi connectivity index (χ2v) is 21.1. The zero-order valence-electron chi connectivity index (χ0n) is 38.7. The topological polar surface area (TPSA) is 175 Å². The third kappa shape index (κ3) is 12.1. The van der Waals surface area contributed by atoms with Gasteiger partial charge in [0.1, 0.15) is 22.8 Å². The zero-order valence-corrected chi connectivity index (χ0v) is 40.3. The van der Waals surface area contributed by atoms with Crippen molar-refractivity contribution in [3.05, 3.63) is 117 Å². The van der Waals surface area contributed by atoms with Gasteiger partial charge >= 0.3 is 0 Å². The molecule has 67 heavy (non-hydrogen) atoms. The fourth-order valence-electron chi connectivity index (χ4n) is 9.47. The number of allylic oxidation sites excluding steroid dienone is 1. The molecule has 8 rings (SSSR count). The van der Waals surface area contributed by atoms with Gasteiger partial charge in [0, 0.05) is 86.8 Å². The van der Waals surface area contributed by atoms with E-state index in [2.05, 4.69) is 60.7 Å². The van der Waals surface area contributed by atoms with Gasteiger partial charge in [-0.25, -0.2) is 18.1 Å². The number of piperazine rings is 1. The van der Waals surface area contributed by atoms with Crippen molar-refractivity contribution in [2.45, 2.75) is 83.3 Å². The van der Waals surface area contributed by atoms with Gasteiger partial charge in [-0.1, -0.05) is 43.2 Å². The number of amides is 1. The molecule has 0 saturated carbocycles. The van der Waals surface area contributed by atoms with Gasteiger partial charge in [-0.2, -0.15) is 0 Å². The molecule has 0 unspecified atom stereocenters. The Hall–Kier alpha value is -5.52. The third-order valence-electron chi connectivity index (χ3n) is 13.0. The van der Waals surface area contributed by atoms with Crippen molar-refractivity contribution >= 4 is 61.2 Å². The molecule has 1 amide bonds. The van der Waals surface area contributed by atoms with Crippen molar-refractivity contribution in [1.82, 2.24) is 24.5 Å². The number of halogens is 1. The molecule has 2 fully saturated rings. The molecule has 356 valence electrons. The van der Waals surface area contributed by atoms with E-state index >= 15 is 0 Å². The Kier molecular flexibility index (Phi) is 14.9. The number of pyridine rings is 1. The van der Waals surface area contributed by atoms with Crippen LogP contribution >= 0.6 is 11.6 Å². The van der Waals surface area contributed by atoms with E-state index in [1.165, 1.54) is 35.0 Å². The summed E-state index contributed by atoms with van der Waals surface area (Å²) in [4.78, 5) is 39.7. The number of carbonyl (C=O) groups is 1. The van der Waals surface area contributed by atoms with Crippen molar-refractivity contribution in [2.75, 3.05) is 69.1 Å². The number of hydrogen-bond acceptors (Lipinski definition) is 12. The summed E-state index contributed by atoms with van der Waals surface area (Å²) >= 11 is 6.24. The van der Waals surface area contributed by atoms with Crippen molar-refractivity contribution in [3.8, 4) is 11.5 Å². The average molecular weight is 954 g/mol. The zero-order chi connectivity index (χ0) is 47.3. The Morgan fingerprint density at radius 1 is 0.985 bits per heavy atom. The number of piperidine rings is 1. The number of fused-ring (bicyclic) bond motifs is 1. The van der Waals surface area contributed by atoms with Crippen molar-refractivity contribution in [1.29, 1.82) is 0 Å². The number of sulfonamides is 1. The van der Waals surface area contributed by atoms with Crippen LogP contribution in [-0.4, -0.2) is 110 Å². The molecule has 3 N–H and O–H groups in total. The van der Waals surface area contributed by atoms with Crippen LogP contribution < -0.4 is 19.7 Å². The molecule has 2 saturated heterocycles. The molecule has 1 aliphatic carbocycles. The summed E-state index contributed by atoms with van der Waals surface area (Å²) in [5, 5.41) is 16.8. The maximum atomic E-state index is 14.0. The quantitative estimate of drug-likeness (QED) is 0.0458. The van der Waals surface area contributed by atoms with Gasteiger partial charge < -0.3 is 29.6 Å². The number of nitrogens with one attached hydrogen (secondary N) is 3. The van der Waals surface area contributed by atoms with Gasteiger partial charge in [0.2, 0.25) is 0 Å². The monoisotopic (exact) mass is 952 g/mol. The van der Waals surface area contributed by atoms with Crippen LogP contribution in [0.2, 0.25) is 5.02 Å². The van der Waals surface area contributed by atoms with E-state index in [4.69, 9.17) is 21.1 Å².